The van der Waals surface area contributed by atoms with Crippen LogP contribution in [-0.2, 0) is 6.42 Å². The van der Waals surface area contributed by atoms with Crippen molar-refractivity contribution < 1.29 is 14.3 Å². The molecule has 148 valence electrons. The number of hydrogen-bond donors (Lipinski definition) is 1. The second-order valence-corrected chi connectivity index (χ2v) is 7.13. The first-order valence-electron chi connectivity index (χ1n) is 9.27. The number of anilines is 1. The number of para-hydroxylation sites is 2. The van der Waals surface area contributed by atoms with Crippen LogP contribution in [0.4, 0.5) is 5.69 Å². The average Bonchev–Trinajstić information content (AvgIpc) is 2.75. The zero-order valence-electron chi connectivity index (χ0n) is 15.9. The summed E-state index contributed by atoms with van der Waals surface area (Å²) in [6.07, 6.45) is 2.48. The summed E-state index contributed by atoms with van der Waals surface area (Å²) in [6.45, 7) is 4.57. The van der Waals surface area contributed by atoms with Crippen LogP contribution in [0.25, 0.3) is 0 Å². The number of rotatable bonds is 9. The van der Waals surface area contributed by atoms with Crippen LogP contribution in [0.2, 0.25) is 0 Å². The molecule has 0 saturated carbocycles. The van der Waals surface area contributed by atoms with Crippen molar-refractivity contribution in [1.82, 2.24) is 0 Å². The maximum Gasteiger partial charge on any atom is 0.255 e. The number of amides is 1. The van der Waals surface area contributed by atoms with E-state index in [2.05, 4.69) is 40.0 Å². The highest BCUT2D eigenvalue weighted by Gasteiger charge is 2.12. The zero-order valence-corrected chi connectivity index (χ0v) is 17.5. The molecule has 3 rings (SSSR count). The fourth-order valence-electron chi connectivity index (χ4n) is 2.72. The van der Waals surface area contributed by atoms with Crippen molar-refractivity contribution in [2.75, 3.05) is 18.5 Å². The molecule has 29 heavy (non-hydrogen) atoms. The van der Waals surface area contributed by atoms with Crippen LogP contribution in [0.5, 0.6) is 11.5 Å². The molecule has 0 aliphatic heterocycles. The van der Waals surface area contributed by atoms with Crippen molar-refractivity contribution in [3.05, 3.63) is 101 Å². The Morgan fingerprint density at radius 2 is 1.72 bits per heavy atom. The number of carbonyl (C=O) groups excluding carboxylic acids is 1. The Morgan fingerprint density at radius 3 is 2.48 bits per heavy atom. The topological polar surface area (TPSA) is 47.6 Å². The Balaban J connectivity index is 1.62. The van der Waals surface area contributed by atoms with Gasteiger partial charge >= 0.3 is 0 Å². The molecule has 0 atom stereocenters. The van der Waals surface area contributed by atoms with E-state index >= 15 is 0 Å². The average molecular weight is 452 g/mol. The third-order valence-electron chi connectivity index (χ3n) is 4.18. The molecule has 5 heteroatoms. The van der Waals surface area contributed by atoms with Gasteiger partial charge in [0.05, 0.1) is 16.8 Å². The summed E-state index contributed by atoms with van der Waals surface area (Å²) in [7, 11) is 0. The Hall–Kier alpha value is -3.05. The van der Waals surface area contributed by atoms with Crippen LogP contribution in [0.1, 0.15) is 15.9 Å². The van der Waals surface area contributed by atoms with Gasteiger partial charge in [0.2, 0.25) is 0 Å². The molecule has 0 aliphatic rings. The van der Waals surface area contributed by atoms with Crippen LogP contribution in [0, 0.1) is 0 Å². The molecule has 3 aromatic carbocycles. The summed E-state index contributed by atoms with van der Waals surface area (Å²) >= 11 is 3.50. The van der Waals surface area contributed by atoms with Crippen molar-refractivity contribution in [2.24, 2.45) is 0 Å². The summed E-state index contributed by atoms with van der Waals surface area (Å²) in [4.78, 5) is 12.7. The maximum atomic E-state index is 12.7. The normalized spacial score (nSPS) is 10.2. The van der Waals surface area contributed by atoms with Gasteiger partial charge in [-0.15, -0.1) is 0 Å². The van der Waals surface area contributed by atoms with Crippen molar-refractivity contribution >= 4 is 27.5 Å². The molecule has 0 spiro atoms. The molecular formula is C24H22BrNO3. The highest BCUT2D eigenvalue weighted by molar-refractivity contribution is 9.10. The lowest BCUT2D eigenvalue weighted by Crippen LogP contribution is -2.13. The zero-order chi connectivity index (χ0) is 20.5. The Morgan fingerprint density at radius 1 is 0.966 bits per heavy atom. The molecule has 0 aromatic heterocycles. The molecule has 0 fully saturated rings. The second kappa shape index (κ2) is 10.5. The van der Waals surface area contributed by atoms with Gasteiger partial charge < -0.3 is 14.8 Å². The molecule has 0 bridgehead atoms. The second-order valence-electron chi connectivity index (χ2n) is 6.28. The Bertz CT molecular complexity index is 973. The maximum absolute atomic E-state index is 12.7. The number of nitrogens with one attached hydrogen (secondary N) is 1. The first-order chi connectivity index (χ1) is 14.2. The predicted molar refractivity (Wildman–Crippen MR) is 120 cm³/mol. The number of halogens is 1. The third kappa shape index (κ3) is 5.96. The minimum atomic E-state index is -0.226. The fraction of sp³-hybridized carbons (Fsp3) is 0.125. The summed E-state index contributed by atoms with van der Waals surface area (Å²) in [5.74, 6) is 1.07. The molecule has 4 nitrogen and oxygen atoms in total. The quantitative estimate of drug-likeness (QED) is 0.412. The van der Waals surface area contributed by atoms with E-state index in [0.717, 1.165) is 10.9 Å². The molecule has 1 amide bonds. The summed E-state index contributed by atoms with van der Waals surface area (Å²) in [5, 5.41) is 2.89. The largest absolute Gasteiger partial charge is 0.492 e. The Labute approximate surface area is 179 Å². The van der Waals surface area contributed by atoms with E-state index in [1.165, 1.54) is 5.56 Å². The minimum absolute atomic E-state index is 0.226. The van der Waals surface area contributed by atoms with Crippen LogP contribution >= 0.6 is 15.9 Å². The van der Waals surface area contributed by atoms with Crippen molar-refractivity contribution in [3.8, 4) is 11.5 Å². The van der Waals surface area contributed by atoms with Crippen LogP contribution < -0.4 is 14.8 Å². The van der Waals surface area contributed by atoms with E-state index in [4.69, 9.17) is 9.47 Å². The monoisotopic (exact) mass is 451 g/mol. The van der Waals surface area contributed by atoms with E-state index in [1.807, 2.05) is 30.3 Å². The van der Waals surface area contributed by atoms with Gasteiger partial charge in [-0.1, -0.05) is 55.1 Å². The summed E-state index contributed by atoms with van der Waals surface area (Å²) in [5.41, 5.74) is 2.35. The van der Waals surface area contributed by atoms with Gasteiger partial charge in [-0.05, 0) is 51.8 Å². The van der Waals surface area contributed by atoms with Gasteiger partial charge in [0.1, 0.15) is 18.1 Å². The smallest absolute Gasteiger partial charge is 0.255 e. The number of carbonyl (C=O) groups is 1. The fourth-order valence-corrected chi connectivity index (χ4v) is 3.21. The first kappa shape index (κ1) is 20.7. The highest BCUT2D eigenvalue weighted by atomic mass is 79.9. The van der Waals surface area contributed by atoms with Crippen LogP contribution in [0.3, 0.4) is 0 Å². The molecule has 0 radical (unpaired) electrons. The van der Waals surface area contributed by atoms with Crippen molar-refractivity contribution in [1.29, 1.82) is 0 Å². The van der Waals surface area contributed by atoms with Crippen LogP contribution in [0.15, 0.2) is 89.9 Å². The molecule has 0 saturated heterocycles. The molecule has 1 N–H and O–H groups in total. The lowest BCUT2D eigenvalue weighted by molar-refractivity contribution is 0.102. The van der Waals surface area contributed by atoms with Crippen molar-refractivity contribution in [3.63, 3.8) is 0 Å². The lowest BCUT2D eigenvalue weighted by Gasteiger charge is -2.13. The van der Waals surface area contributed by atoms with E-state index in [0.29, 0.717) is 36.0 Å². The Kier molecular flexibility index (Phi) is 7.47. The van der Waals surface area contributed by atoms with Gasteiger partial charge in [0, 0.05) is 12.0 Å². The lowest BCUT2D eigenvalue weighted by atomic mass is 10.1. The molecule has 0 unspecified atom stereocenters. The highest BCUT2D eigenvalue weighted by Crippen LogP contribution is 2.28. The third-order valence-corrected chi connectivity index (χ3v) is 4.80. The van der Waals surface area contributed by atoms with E-state index < -0.39 is 0 Å². The number of benzene rings is 3. The predicted octanol–water partition coefficient (Wildman–Crippen LogP) is 5.89. The number of hydrogen-bond acceptors (Lipinski definition) is 3. The van der Waals surface area contributed by atoms with Gasteiger partial charge in [0.25, 0.3) is 5.91 Å². The van der Waals surface area contributed by atoms with Crippen molar-refractivity contribution in [2.45, 2.75) is 6.42 Å². The molecular weight excluding hydrogens is 430 g/mol. The van der Waals surface area contributed by atoms with E-state index in [-0.39, 0.29) is 5.91 Å². The van der Waals surface area contributed by atoms with Gasteiger partial charge in [0.15, 0.2) is 0 Å². The van der Waals surface area contributed by atoms with E-state index in [9.17, 15) is 4.79 Å². The molecule has 3 aromatic rings. The van der Waals surface area contributed by atoms with Crippen LogP contribution in [-0.4, -0.2) is 19.1 Å². The number of ether oxygens (including phenoxy) is 2. The van der Waals surface area contributed by atoms with Gasteiger partial charge in [-0.3, -0.25) is 4.79 Å². The van der Waals surface area contributed by atoms with Gasteiger partial charge in [-0.25, -0.2) is 0 Å². The standard InChI is InChI=1S/C24H22BrNO3/c1-2-15-28-23-11-7-6-10-21(23)26-24(27)19-12-13-22(20(25)17-19)29-16-14-18-8-4-3-5-9-18/h2-13,17H,1,14-16H2,(H,26,27). The molecule has 0 aliphatic carbocycles. The minimum Gasteiger partial charge on any atom is -0.492 e. The SMILES string of the molecule is C=CCOc1ccccc1NC(=O)c1ccc(OCCc2ccccc2)c(Br)c1. The summed E-state index contributed by atoms with van der Waals surface area (Å²) in [6, 6.07) is 22.8. The summed E-state index contributed by atoms with van der Waals surface area (Å²) < 4.78 is 12.2. The molecule has 0 heterocycles. The van der Waals surface area contributed by atoms with E-state index in [1.54, 1.807) is 36.4 Å². The van der Waals surface area contributed by atoms with Gasteiger partial charge in [-0.2, -0.15) is 0 Å². The first-order valence-corrected chi connectivity index (χ1v) is 10.1.